The SMILES string of the molecule is Cn1cc(CN2CC[C@@H]3O[C@@H](C(=O)NCC4CCOCC4)C[C@@H]32)cn1. The van der Waals surface area contributed by atoms with Crippen molar-refractivity contribution in [1.82, 2.24) is 20.0 Å². The Bertz CT molecular complexity index is 599. The summed E-state index contributed by atoms with van der Waals surface area (Å²) in [5, 5.41) is 7.34. The minimum Gasteiger partial charge on any atom is -0.381 e. The van der Waals surface area contributed by atoms with Gasteiger partial charge in [0.05, 0.1) is 12.3 Å². The van der Waals surface area contributed by atoms with Crippen LogP contribution >= 0.6 is 0 Å². The van der Waals surface area contributed by atoms with Crippen molar-refractivity contribution in [2.24, 2.45) is 13.0 Å². The quantitative estimate of drug-likeness (QED) is 0.848. The minimum absolute atomic E-state index is 0.0576. The van der Waals surface area contributed by atoms with Gasteiger partial charge in [0, 0.05) is 64.1 Å². The first-order valence-corrected chi connectivity index (χ1v) is 9.41. The van der Waals surface area contributed by atoms with E-state index < -0.39 is 0 Å². The molecule has 1 N–H and O–H groups in total. The van der Waals surface area contributed by atoms with Gasteiger partial charge in [-0.05, 0) is 25.2 Å². The fraction of sp³-hybridized carbons (Fsp3) is 0.778. The van der Waals surface area contributed by atoms with Crippen LogP contribution in [0.3, 0.4) is 0 Å². The molecule has 0 bridgehead atoms. The van der Waals surface area contributed by atoms with Crippen molar-refractivity contribution in [1.29, 1.82) is 0 Å². The summed E-state index contributed by atoms with van der Waals surface area (Å²) in [4.78, 5) is 14.9. The summed E-state index contributed by atoms with van der Waals surface area (Å²) in [6.07, 6.45) is 7.75. The Morgan fingerprint density at radius 2 is 2.20 bits per heavy atom. The molecule has 0 aromatic carbocycles. The number of rotatable bonds is 5. The summed E-state index contributed by atoms with van der Waals surface area (Å²) in [5.41, 5.74) is 1.22. The highest BCUT2D eigenvalue weighted by molar-refractivity contribution is 5.81. The maximum absolute atomic E-state index is 12.5. The predicted octanol–water partition coefficient (Wildman–Crippen LogP) is 0.695. The molecule has 1 amide bonds. The molecule has 3 atom stereocenters. The van der Waals surface area contributed by atoms with E-state index in [1.807, 2.05) is 17.9 Å². The highest BCUT2D eigenvalue weighted by Gasteiger charge is 2.45. The highest BCUT2D eigenvalue weighted by atomic mass is 16.5. The molecule has 0 spiro atoms. The molecule has 0 radical (unpaired) electrons. The number of aromatic nitrogens is 2. The van der Waals surface area contributed by atoms with Crippen molar-refractivity contribution in [3.63, 3.8) is 0 Å². The number of likely N-dealkylation sites (tertiary alicyclic amines) is 1. The van der Waals surface area contributed by atoms with Crippen molar-refractivity contribution in [3.05, 3.63) is 18.0 Å². The number of aryl methyl sites for hydroxylation is 1. The third kappa shape index (κ3) is 3.88. The Morgan fingerprint density at radius 3 is 2.96 bits per heavy atom. The van der Waals surface area contributed by atoms with Gasteiger partial charge in [0.25, 0.3) is 0 Å². The van der Waals surface area contributed by atoms with Crippen LogP contribution in [0.15, 0.2) is 12.4 Å². The number of nitrogens with zero attached hydrogens (tertiary/aromatic N) is 3. The molecule has 3 aliphatic rings. The summed E-state index contributed by atoms with van der Waals surface area (Å²) < 4.78 is 13.3. The molecule has 0 aliphatic carbocycles. The van der Waals surface area contributed by atoms with Gasteiger partial charge in [0.15, 0.2) is 0 Å². The molecule has 4 heterocycles. The number of hydrogen-bond donors (Lipinski definition) is 1. The zero-order chi connectivity index (χ0) is 17.2. The number of ether oxygens (including phenoxy) is 2. The largest absolute Gasteiger partial charge is 0.381 e. The standard InChI is InChI=1S/C18H28N4O3/c1-21-11-14(10-20-21)12-22-5-2-16-15(22)8-17(25-16)18(23)19-9-13-3-6-24-7-4-13/h10-11,13,15-17H,2-9,12H2,1H3,(H,19,23)/t15-,16-,17+/m0/s1. The third-order valence-electron chi connectivity index (χ3n) is 5.74. The van der Waals surface area contributed by atoms with Gasteiger partial charge in [0.2, 0.25) is 5.91 Å². The van der Waals surface area contributed by atoms with Crippen LogP contribution in [-0.4, -0.2) is 65.1 Å². The van der Waals surface area contributed by atoms with E-state index in [2.05, 4.69) is 21.5 Å². The van der Waals surface area contributed by atoms with Crippen LogP contribution in [0.25, 0.3) is 0 Å². The smallest absolute Gasteiger partial charge is 0.249 e. The minimum atomic E-state index is -0.300. The lowest BCUT2D eigenvalue weighted by Gasteiger charge is -2.23. The van der Waals surface area contributed by atoms with E-state index in [4.69, 9.17) is 9.47 Å². The van der Waals surface area contributed by atoms with Crippen LogP contribution in [0.5, 0.6) is 0 Å². The van der Waals surface area contributed by atoms with Crippen molar-refractivity contribution < 1.29 is 14.3 Å². The molecule has 4 rings (SSSR count). The van der Waals surface area contributed by atoms with Crippen molar-refractivity contribution in [3.8, 4) is 0 Å². The van der Waals surface area contributed by atoms with Crippen LogP contribution in [0, 0.1) is 5.92 Å². The van der Waals surface area contributed by atoms with Crippen LogP contribution in [0.2, 0.25) is 0 Å². The van der Waals surface area contributed by atoms with Crippen molar-refractivity contribution in [2.75, 3.05) is 26.3 Å². The van der Waals surface area contributed by atoms with E-state index in [1.54, 1.807) is 0 Å². The first-order chi connectivity index (χ1) is 12.2. The van der Waals surface area contributed by atoms with Gasteiger partial charge in [-0.25, -0.2) is 0 Å². The maximum Gasteiger partial charge on any atom is 0.249 e. The average molecular weight is 348 g/mol. The van der Waals surface area contributed by atoms with E-state index in [-0.39, 0.29) is 18.1 Å². The normalized spacial score (nSPS) is 30.5. The number of amides is 1. The first-order valence-electron chi connectivity index (χ1n) is 9.41. The fourth-order valence-electron chi connectivity index (χ4n) is 4.29. The van der Waals surface area contributed by atoms with E-state index in [1.165, 1.54) is 5.56 Å². The van der Waals surface area contributed by atoms with Gasteiger partial charge in [-0.2, -0.15) is 5.10 Å². The van der Waals surface area contributed by atoms with Gasteiger partial charge in [-0.1, -0.05) is 0 Å². The second-order valence-corrected chi connectivity index (χ2v) is 7.55. The molecule has 1 aromatic rings. The summed E-state index contributed by atoms with van der Waals surface area (Å²) >= 11 is 0. The van der Waals surface area contributed by atoms with E-state index in [9.17, 15) is 4.79 Å². The molecule has 3 saturated heterocycles. The second kappa shape index (κ2) is 7.43. The van der Waals surface area contributed by atoms with E-state index in [0.29, 0.717) is 12.0 Å². The Hall–Kier alpha value is -1.44. The number of carbonyl (C=O) groups excluding carboxylic acids is 1. The second-order valence-electron chi connectivity index (χ2n) is 7.55. The summed E-state index contributed by atoms with van der Waals surface area (Å²) in [7, 11) is 1.94. The predicted molar refractivity (Wildman–Crippen MR) is 91.9 cm³/mol. The lowest BCUT2D eigenvalue weighted by Crippen LogP contribution is -2.39. The molecule has 1 aromatic heterocycles. The third-order valence-corrected chi connectivity index (χ3v) is 5.74. The highest BCUT2D eigenvalue weighted by Crippen LogP contribution is 2.34. The molecule has 138 valence electrons. The Kier molecular flexibility index (Phi) is 5.05. The lowest BCUT2D eigenvalue weighted by molar-refractivity contribution is -0.132. The lowest BCUT2D eigenvalue weighted by atomic mass is 10.0. The summed E-state index contributed by atoms with van der Waals surface area (Å²) in [6, 6.07) is 0.346. The number of hydrogen-bond acceptors (Lipinski definition) is 5. The molecule has 25 heavy (non-hydrogen) atoms. The number of fused-ring (bicyclic) bond motifs is 1. The molecular weight excluding hydrogens is 320 g/mol. The van der Waals surface area contributed by atoms with Gasteiger partial charge in [0.1, 0.15) is 6.10 Å². The van der Waals surface area contributed by atoms with Gasteiger partial charge >= 0.3 is 0 Å². The van der Waals surface area contributed by atoms with E-state index in [0.717, 1.165) is 58.5 Å². The molecular formula is C18H28N4O3. The Labute approximate surface area is 148 Å². The van der Waals surface area contributed by atoms with Crippen LogP contribution < -0.4 is 5.32 Å². The van der Waals surface area contributed by atoms with Crippen molar-refractivity contribution in [2.45, 2.75) is 50.5 Å². The monoisotopic (exact) mass is 348 g/mol. The van der Waals surface area contributed by atoms with E-state index >= 15 is 0 Å². The molecule has 7 heteroatoms. The molecule has 0 unspecified atom stereocenters. The first kappa shape index (κ1) is 17.0. The van der Waals surface area contributed by atoms with Gasteiger partial charge in [-0.3, -0.25) is 14.4 Å². The average Bonchev–Trinajstić information content (AvgIpc) is 3.31. The zero-order valence-corrected chi connectivity index (χ0v) is 14.9. The van der Waals surface area contributed by atoms with Gasteiger partial charge in [-0.15, -0.1) is 0 Å². The molecule has 3 aliphatic heterocycles. The summed E-state index contributed by atoms with van der Waals surface area (Å²) in [6.45, 7) is 4.29. The molecule has 0 saturated carbocycles. The Balaban J connectivity index is 1.27. The topological polar surface area (TPSA) is 68.6 Å². The molecule has 3 fully saturated rings. The van der Waals surface area contributed by atoms with Crippen LogP contribution in [-0.2, 0) is 27.9 Å². The zero-order valence-electron chi connectivity index (χ0n) is 14.9. The maximum atomic E-state index is 12.5. The van der Waals surface area contributed by atoms with Crippen LogP contribution in [0.1, 0.15) is 31.2 Å². The number of carbonyl (C=O) groups is 1. The van der Waals surface area contributed by atoms with Crippen LogP contribution in [0.4, 0.5) is 0 Å². The summed E-state index contributed by atoms with van der Waals surface area (Å²) in [5.74, 6) is 0.600. The molecule has 7 nitrogen and oxygen atoms in total. The number of nitrogens with one attached hydrogen (secondary N) is 1. The Morgan fingerprint density at radius 1 is 1.36 bits per heavy atom. The van der Waals surface area contributed by atoms with Crippen molar-refractivity contribution >= 4 is 5.91 Å². The fourth-order valence-corrected chi connectivity index (χ4v) is 4.29. The van der Waals surface area contributed by atoms with Gasteiger partial charge < -0.3 is 14.8 Å².